The number of hydrogen-bond donors (Lipinski definition) is 1. The third-order valence-electron chi connectivity index (χ3n) is 6.51. The lowest BCUT2D eigenvalue weighted by molar-refractivity contribution is -0.161. The van der Waals surface area contributed by atoms with Gasteiger partial charge in [0.15, 0.2) is 6.10 Å². The van der Waals surface area contributed by atoms with Gasteiger partial charge in [0.05, 0.1) is 6.61 Å². The van der Waals surface area contributed by atoms with Gasteiger partial charge in [-0.1, -0.05) is 124 Å². The molecule has 5 heteroatoms. The van der Waals surface area contributed by atoms with E-state index >= 15 is 0 Å². The van der Waals surface area contributed by atoms with Crippen molar-refractivity contribution >= 4 is 11.9 Å². The fraction of sp³-hybridized carbons (Fsp3) is 0.933. The number of rotatable bonds is 25. The maximum absolute atomic E-state index is 12.0. The lowest BCUT2D eigenvalue weighted by atomic mass is 10.0. The summed E-state index contributed by atoms with van der Waals surface area (Å²) in [6.07, 6.45) is 20.2. The van der Waals surface area contributed by atoms with E-state index in [0.717, 1.165) is 50.4 Å². The molecule has 0 aliphatic carbocycles. The summed E-state index contributed by atoms with van der Waals surface area (Å²) < 4.78 is 10.5. The molecule has 0 fully saturated rings. The maximum atomic E-state index is 12.0. The number of esters is 2. The van der Waals surface area contributed by atoms with Crippen molar-refractivity contribution in [3.05, 3.63) is 0 Å². The van der Waals surface area contributed by atoms with Crippen LogP contribution in [0.2, 0.25) is 0 Å². The average molecular weight is 499 g/mol. The number of unbranched alkanes of at least 4 members (excludes halogenated alkanes) is 13. The minimum Gasteiger partial charge on any atom is -0.462 e. The minimum atomic E-state index is -0.761. The quantitative estimate of drug-likeness (QED) is 0.101. The SMILES string of the molecule is CC(C)CCCCCCCCCCC(=O)OC[C@H](CO)OC(=O)CCCCCCCCCC(C)C. The molecule has 1 atom stereocenters. The van der Waals surface area contributed by atoms with Crippen LogP contribution in [0.1, 0.15) is 150 Å². The third-order valence-corrected chi connectivity index (χ3v) is 6.51. The Kier molecular flexibility index (Phi) is 23.8. The first-order valence-electron chi connectivity index (χ1n) is 14.8. The van der Waals surface area contributed by atoms with Crippen LogP contribution in [0.3, 0.4) is 0 Å². The second-order valence-corrected chi connectivity index (χ2v) is 11.1. The molecule has 0 saturated carbocycles. The summed E-state index contributed by atoms with van der Waals surface area (Å²) in [5, 5.41) is 9.44. The number of carbonyl (C=O) groups excluding carboxylic acids is 2. The highest BCUT2D eigenvalue weighted by Crippen LogP contribution is 2.14. The molecule has 208 valence electrons. The van der Waals surface area contributed by atoms with E-state index in [2.05, 4.69) is 27.7 Å². The standard InChI is InChI=1S/C30H58O5/c1-26(2)20-16-12-8-5-6-10-14-18-22-29(32)34-25-28(24-31)35-30(33)23-19-15-11-7-9-13-17-21-27(3)4/h26-28,31H,5-25H2,1-4H3/t28-/m0/s1. The van der Waals surface area contributed by atoms with Crippen LogP contribution >= 0.6 is 0 Å². The number of aliphatic hydroxyl groups is 1. The highest BCUT2D eigenvalue weighted by molar-refractivity contribution is 5.70. The molecule has 0 rings (SSSR count). The van der Waals surface area contributed by atoms with Crippen LogP contribution in [0.15, 0.2) is 0 Å². The number of hydrogen-bond acceptors (Lipinski definition) is 5. The fourth-order valence-electron chi connectivity index (χ4n) is 4.22. The van der Waals surface area contributed by atoms with E-state index in [0.29, 0.717) is 12.8 Å². The van der Waals surface area contributed by atoms with Gasteiger partial charge in [-0.3, -0.25) is 9.59 Å². The summed E-state index contributed by atoms with van der Waals surface area (Å²) in [6.45, 7) is 8.70. The summed E-state index contributed by atoms with van der Waals surface area (Å²) in [5.74, 6) is 1.01. The highest BCUT2D eigenvalue weighted by Gasteiger charge is 2.16. The molecule has 5 nitrogen and oxygen atoms in total. The molecule has 35 heavy (non-hydrogen) atoms. The van der Waals surface area contributed by atoms with Gasteiger partial charge < -0.3 is 14.6 Å². The van der Waals surface area contributed by atoms with E-state index in [1.807, 2.05) is 0 Å². The van der Waals surface area contributed by atoms with Crippen LogP contribution in [0.5, 0.6) is 0 Å². The second-order valence-electron chi connectivity index (χ2n) is 11.1. The number of aliphatic hydroxyl groups excluding tert-OH is 1. The summed E-state index contributed by atoms with van der Waals surface area (Å²) in [6, 6.07) is 0. The maximum Gasteiger partial charge on any atom is 0.306 e. The summed E-state index contributed by atoms with van der Waals surface area (Å²) in [5.41, 5.74) is 0. The molecule has 0 aliphatic rings. The zero-order valence-corrected chi connectivity index (χ0v) is 23.7. The molecule has 0 bridgehead atoms. The largest absolute Gasteiger partial charge is 0.462 e. The van der Waals surface area contributed by atoms with Gasteiger partial charge in [-0.15, -0.1) is 0 Å². The summed E-state index contributed by atoms with van der Waals surface area (Å²) >= 11 is 0. The van der Waals surface area contributed by atoms with Gasteiger partial charge >= 0.3 is 11.9 Å². The third kappa shape index (κ3) is 25.8. The van der Waals surface area contributed by atoms with Gasteiger partial charge in [0.1, 0.15) is 6.61 Å². The predicted octanol–water partition coefficient (Wildman–Crippen LogP) is 8.16. The van der Waals surface area contributed by atoms with Crippen LogP contribution in [0.4, 0.5) is 0 Å². The van der Waals surface area contributed by atoms with Gasteiger partial charge in [-0.25, -0.2) is 0 Å². The Morgan fingerprint density at radius 1 is 0.571 bits per heavy atom. The smallest absolute Gasteiger partial charge is 0.306 e. The lowest BCUT2D eigenvalue weighted by Gasteiger charge is -2.15. The van der Waals surface area contributed by atoms with Gasteiger partial charge in [-0.05, 0) is 24.7 Å². The van der Waals surface area contributed by atoms with Crippen molar-refractivity contribution in [3.63, 3.8) is 0 Å². The van der Waals surface area contributed by atoms with Crippen molar-refractivity contribution in [1.82, 2.24) is 0 Å². The van der Waals surface area contributed by atoms with Crippen molar-refractivity contribution in [2.45, 2.75) is 156 Å². The molecule has 0 spiro atoms. The van der Waals surface area contributed by atoms with E-state index in [1.54, 1.807) is 0 Å². The highest BCUT2D eigenvalue weighted by atomic mass is 16.6. The zero-order chi connectivity index (χ0) is 26.2. The van der Waals surface area contributed by atoms with Crippen molar-refractivity contribution in [2.75, 3.05) is 13.2 Å². The van der Waals surface area contributed by atoms with Gasteiger partial charge in [-0.2, -0.15) is 0 Å². The normalized spacial score (nSPS) is 12.3. The van der Waals surface area contributed by atoms with Crippen LogP contribution < -0.4 is 0 Å². The molecule has 0 aliphatic heterocycles. The van der Waals surface area contributed by atoms with E-state index in [4.69, 9.17) is 9.47 Å². The lowest BCUT2D eigenvalue weighted by Crippen LogP contribution is -2.28. The molecule has 0 heterocycles. The number of ether oxygens (including phenoxy) is 2. The van der Waals surface area contributed by atoms with E-state index in [1.165, 1.54) is 70.6 Å². The van der Waals surface area contributed by atoms with E-state index < -0.39 is 6.10 Å². The Hall–Kier alpha value is -1.10. The van der Waals surface area contributed by atoms with E-state index in [-0.39, 0.29) is 25.2 Å². The zero-order valence-electron chi connectivity index (χ0n) is 23.7. The van der Waals surface area contributed by atoms with E-state index in [9.17, 15) is 14.7 Å². The Morgan fingerprint density at radius 2 is 0.943 bits per heavy atom. The molecule has 0 amide bonds. The van der Waals surface area contributed by atoms with Crippen LogP contribution in [-0.2, 0) is 19.1 Å². The van der Waals surface area contributed by atoms with Crippen LogP contribution in [0, 0.1) is 11.8 Å². The predicted molar refractivity (Wildman–Crippen MR) is 145 cm³/mol. The topological polar surface area (TPSA) is 72.8 Å². The van der Waals surface area contributed by atoms with Crippen molar-refractivity contribution in [3.8, 4) is 0 Å². The minimum absolute atomic E-state index is 0.0617. The monoisotopic (exact) mass is 498 g/mol. The molecule has 0 radical (unpaired) electrons. The Labute approximate surface area is 217 Å². The van der Waals surface area contributed by atoms with Crippen molar-refractivity contribution in [1.29, 1.82) is 0 Å². The molecule has 0 aromatic heterocycles. The average Bonchev–Trinajstić information content (AvgIpc) is 2.81. The molecule has 0 saturated heterocycles. The number of carbonyl (C=O) groups is 2. The molecule has 0 aromatic rings. The molecule has 0 aromatic carbocycles. The summed E-state index contributed by atoms with van der Waals surface area (Å²) in [4.78, 5) is 23.9. The Bertz CT molecular complexity index is 489. The second kappa shape index (κ2) is 24.6. The Morgan fingerprint density at radius 3 is 1.34 bits per heavy atom. The first kappa shape index (κ1) is 33.9. The first-order chi connectivity index (χ1) is 16.8. The van der Waals surface area contributed by atoms with Crippen molar-refractivity contribution in [2.24, 2.45) is 11.8 Å². The van der Waals surface area contributed by atoms with Gasteiger partial charge in [0.25, 0.3) is 0 Å². The van der Waals surface area contributed by atoms with Gasteiger partial charge in [0, 0.05) is 12.8 Å². The van der Waals surface area contributed by atoms with Crippen molar-refractivity contribution < 1.29 is 24.2 Å². The fourth-order valence-corrected chi connectivity index (χ4v) is 4.22. The molecular weight excluding hydrogens is 440 g/mol. The van der Waals surface area contributed by atoms with Crippen LogP contribution in [-0.4, -0.2) is 36.4 Å². The van der Waals surface area contributed by atoms with Gasteiger partial charge in [0.2, 0.25) is 0 Å². The Balaban J connectivity index is 3.61. The molecule has 0 unspecified atom stereocenters. The first-order valence-corrected chi connectivity index (χ1v) is 14.8. The molecular formula is C30H58O5. The summed E-state index contributed by atoms with van der Waals surface area (Å²) in [7, 11) is 0. The van der Waals surface area contributed by atoms with Crippen LogP contribution in [0.25, 0.3) is 0 Å². The molecule has 1 N–H and O–H groups in total.